The van der Waals surface area contributed by atoms with Crippen molar-refractivity contribution in [2.24, 2.45) is 0 Å². The molecule has 2 saturated heterocycles. The highest BCUT2D eigenvalue weighted by atomic mass is 19.1. The van der Waals surface area contributed by atoms with E-state index in [0.717, 1.165) is 31.7 Å². The maximum atomic E-state index is 13.0. The fourth-order valence-corrected chi connectivity index (χ4v) is 2.99. The second kappa shape index (κ2) is 5.89. The van der Waals surface area contributed by atoms with E-state index in [9.17, 15) is 9.18 Å². The molecule has 0 bridgehead atoms. The summed E-state index contributed by atoms with van der Waals surface area (Å²) in [5, 5.41) is 3.20. The van der Waals surface area contributed by atoms with Crippen molar-refractivity contribution in [3.05, 3.63) is 35.6 Å². The van der Waals surface area contributed by atoms with Gasteiger partial charge in [-0.15, -0.1) is 0 Å². The van der Waals surface area contributed by atoms with E-state index in [1.807, 2.05) is 4.90 Å². The molecule has 1 aromatic carbocycles. The van der Waals surface area contributed by atoms with E-state index in [4.69, 9.17) is 0 Å². The Hall–Kier alpha value is -1.46. The van der Waals surface area contributed by atoms with Crippen molar-refractivity contribution in [1.82, 2.24) is 15.1 Å². The van der Waals surface area contributed by atoms with Crippen molar-refractivity contribution in [3.8, 4) is 0 Å². The van der Waals surface area contributed by atoms with Crippen LogP contribution < -0.4 is 5.32 Å². The first-order valence-corrected chi connectivity index (χ1v) is 7.25. The molecule has 20 heavy (non-hydrogen) atoms. The van der Waals surface area contributed by atoms with Crippen LogP contribution in [0.5, 0.6) is 0 Å². The molecule has 0 spiro atoms. The largest absolute Gasteiger partial charge is 0.321 e. The number of hydrogen-bond donors (Lipinski definition) is 1. The summed E-state index contributed by atoms with van der Waals surface area (Å²) in [5.41, 5.74) is 0.943. The highest BCUT2D eigenvalue weighted by molar-refractivity contribution is 5.80. The SMILES string of the molecule is O=C1CNC(c2ccc(F)cc2)N1CCN1CCCC1. The minimum absolute atomic E-state index is 0.120. The van der Waals surface area contributed by atoms with Crippen molar-refractivity contribution in [1.29, 1.82) is 0 Å². The Balaban J connectivity index is 1.66. The van der Waals surface area contributed by atoms with Gasteiger partial charge in [-0.05, 0) is 43.6 Å². The molecule has 4 nitrogen and oxygen atoms in total. The third-order valence-electron chi connectivity index (χ3n) is 4.12. The molecule has 108 valence electrons. The standard InChI is InChI=1S/C15H20FN3O/c16-13-5-3-12(4-6-13)15-17-11-14(20)19(15)10-9-18-7-1-2-8-18/h3-6,15,17H,1-2,7-11H2. The van der Waals surface area contributed by atoms with Gasteiger partial charge in [-0.3, -0.25) is 10.1 Å². The van der Waals surface area contributed by atoms with Crippen molar-refractivity contribution in [2.45, 2.75) is 19.0 Å². The fraction of sp³-hybridized carbons (Fsp3) is 0.533. The van der Waals surface area contributed by atoms with E-state index in [1.165, 1.54) is 25.0 Å². The smallest absolute Gasteiger partial charge is 0.238 e. The van der Waals surface area contributed by atoms with Crippen molar-refractivity contribution in [2.75, 3.05) is 32.7 Å². The number of hydrogen-bond acceptors (Lipinski definition) is 3. The third-order valence-corrected chi connectivity index (χ3v) is 4.12. The van der Waals surface area contributed by atoms with Gasteiger partial charge < -0.3 is 9.80 Å². The monoisotopic (exact) mass is 277 g/mol. The molecule has 5 heteroatoms. The second-order valence-corrected chi connectivity index (χ2v) is 5.47. The van der Waals surface area contributed by atoms with E-state index >= 15 is 0 Å². The molecule has 0 saturated carbocycles. The highest BCUT2D eigenvalue weighted by Crippen LogP contribution is 2.22. The molecule has 1 aromatic rings. The number of nitrogens with zero attached hydrogens (tertiary/aromatic N) is 2. The fourth-order valence-electron chi connectivity index (χ4n) is 2.99. The highest BCUT2D eigenvalue weighted by Gasteiger charge is 2.31. The van der Waals surface area contributed by atoms with Crippen molar-refractivity contribution >= 4 is 5.91 Å². The first kappa shape index (κ1) is 13.5. The molecular weight excluding hydrogens is 257 g/mol. The summed E-state index contributed by atoms with van der Waals surface area (Å²) in [7, 11) is 0. The predicted octanol–water partition coefficient (Wildman–Crippen LogP) is 1.35. The molecule has 2 aliphatic heterocycles. The van der Waals surface area contributed by atoms with Crippen LogP contribution in [0, 0.1) is 5.82 Å². The summed E-state index contributed by atoms with van der Waals surface area (Å²) >= 11 is 0. The van der Waals surface area contributed by atoms with E-state index < -0.39 is 0 Å². The quantitative estimate of drug-likeness (QED) is 0.902. The minimum Gasteiger partial charge on any atom is -0.321 e. The van der Waals surface area contributed by atoms with Crippen molar-refractivity contribution < 1.29 is 9.18 Å². The molecule has 0 aliphatic carbocycles. The van der Waals surface area contributed by atoms with E-state index in [1.54, 1.807) is 12.1 Å². The molecule has 1 atom stereocenters. The molecule has 1 amide bonds. The van der Waals surface area contributed by atoms with Gasteiger partial charge in [-0.25, -0.2) is 4.39 Å². The Labute approximate surface area is 118 Å². The average molecular weight is 277 g/mol. The van der Waals surface area contributed by atoms with Crippen molar-refractivity contribution in [3.63, 3.8) is 0 Å². The summed E-state index contributed by atoms with van der Waals surface area (Å²) in [6, 6.07) is 6.37. The molecular formula is C15H20FN3O. The van der Waals surface area contributed by atoms with Crippen LogP contribution >= 0.6 is 0 Å². The molecule has 2 aliphatic rings. The zero-order valence-corrected chi connectivity index (χ0v) is 11.5. The number of carbonyl (C=O) groups excluding carboxylic acids is 1. The molecule has 2 fully saturated rings. The van der Waals surface area contributed by atoms with Crippen LogP contribution in [0.4, 0.5) is 4.39 Å². The van der Waals surface area contributed by atoms with Crippen LogP contribution in [-0.2, 0) is 4.79 Å². The van der Waals surface area contributed by atoms with Gasteiger partial charge in [-0.2, -0.15) is 0 Å². The summed E-state index contributed by atoms with van der Waals surface area (Å²) in [6.07, 6.45) is 2.40. The Kier molecular flexibility index (Phi) is 3.98. The molecule has 0 aromatic heterocycles. The zero-order valence-electron chi connectivity index (χ0n) is 11.5. The lowest BCUT2D eigenvalue weighted by molar-refractivity contribution is -0.128. The van der Waals surface area contributed by atoms with E-state index in [-0.39, 0.29) is 17.9 Å². The summed E-state index contributed by atoms with van der Waals surface area (Å²) < 4.78 is 13.0. The molecule has 0 radical (unpaired) electrons. The minimum atomic E-state index is -0.248. The Bertz CT molecular complexity index is 471. The van der Waals surface area contributed by atoms with Gasteiger partial charge >= 0.3 is 0 Å². The number of halogens is 1. The van der Waals surface area contributed by atoms with Crippen LogP contribution in [0.3, 0.4) is 0 Å². The van der Waals surface area contributed by atoms with Gasteiger partial charge in [0.25, 0.3) is 0 Å². The zero-order chi connectivity index (χ0) is 13.9. The summed E-state index contributed by atoms with van der Waals surface area (Å²) in [6.45, 7) is 4.29. The van der Waals surface area contributed by atoms with Crippen LogP contribution in [0.1, 0.15) is 24.6 Å². The topological polar surface area (TPSA) is 35.6 Å². The van der Waals surface area contributed by atoms with Crippen LogP contribution in [0.25, 0.3) is 0 Å². The van der Waals surface area contributed by atoms with Crippen LogP contribution in [0.2, 0.25) is 0 Å². The molecule has 2 heterocycles. The van der Waals surface area contributed by atoms with Gasteiger partial charge in [0, 0.05) is 13.1 Å². The van der Waals surface area contributed by atoms with Gasteiger partial charge in [0.05, 0.1) is 6.54 Å². The number of likely N-dealkylation sites (tertiary alicyclic amines) is 1. The van der Waals surface area contributed by atoms with E-state index in [0.29, 0.717) is 6.54 Å². The number of carbonyl (C=O) groups is 1. The van der Waals surface area contributed by atoms with E-state index in [2.05, 4.69) is 10.2 Å². The van der Waals surface area contributed by atoms with Crippen LogP contribution in [0.15, 0.2) is 24.3 Å². The lowest BCUT2D eigenvalue weighted by Crippen LogP contribution is -2.37. The lowest BCUT2D eigenvalue weighted by atomic mass is 10.1. The normalized spacial score (nSPS) is 23.8. The number of amides is 1. The summed E-state index contributed by atoms with van der Waals surface area (Å²) in [4.78, 5) is 16.3. The number of rotatable bonds is 4. The molecule has 3 rings (SSSR count). The Morgan fingerprint density at radius 2 is 1.85 bits per heavy atom. The number of benzene rings is 1. The Morgan fingerprint density at radius 1 is 1.15 bits per heavy atom. The van der Waals surface area contributed by atoms with Gasteiger partial charge in [0.1, 0.15) is 12.0 Å². The molecule has 1 N–H and O–H groups in total. The lowest BCUT2D eigenvalue weighted by Gasteiger charge is -2.27. The average Bonchev–Trinajstić information content (AvgIpc) is 3.07. The third kappa shape index (κ3) is 2.83. The Morgan fingerprint density at radius 3 is 2.55 bits per heavy atom. The van der Waals surface area contributed by atoms with Gasteiger partial charge in [0.2, 0.25) is 5.91 Å². The molecule has 1 unspecified atom stereocenters. The second-order valence-electron chi connectivity index (χ2n) is 5.47. The summed E-state index contributed by atoms with van der Waals surface area (Å²) in [5.74, 6) is -0.125. The first-order valence-electron chi connectivity index (χ1n) is 7.25. The maximum Gasteiger partial charge on any atom is 0.238 e. The maximum absolute atomic E-state index is 13.0. The van der Waals surface area contributed by atoms with Crippen LogP contribution in [-0.4, -0.2) is 48.4 Å². The predicted molar refractivity (Wildman–Crippen MR) is 74.5 cm³/mol. The van der Waals surface area contributed by atoms with Gasteiger partial charge in [0.15, 0.2) is 0 Å². The van der Waals surface area contributed by atoms with Gasteiger partial charge in [-0.1, -0.05) is 12.1 Å². The first-order chi connectivity index (χ1) is 9.74. The number of nitrogens with one attached hydrogen (secondary N) is 1.